The number of likely N-dealkylation sites (tertiary alicyclic amines) is 1. The van der Waals surface area contributed by atoms with Crippen LogP contribution in [0.4, 0.5) is 5.69 Å². The highest BCUT2D eigenvalue weighted by atomic mass is 16.2. The first-order valence-corrected chi connectivity index (χ1v) is 6.97. The first-order valence-electron chi connectivity index (χ1n) is 6.97. The standard InChI is InChI=1S/C15H23N3O/c1-12-4-2-3-5-14(12)17-15(19)11-18-8-6-13(10-16)7-9-18/h2-5,13H,6-11,16H2,1H3,(H,17,19). The first-order chi connectivity index (χ1) is 9.19. The molecule has 19 heavy (non-hydrogen) atoms. The van der Waals surface area contributed by atoms with Crippen molar-refractivity contribution >= 4 is 11.6 Å². The van der Waals surface area contributed by atoms with Crippen molar-refractivity contribution in [3.8, 4) is 0 Å². The summed E-state index contributed by atoms with van der Waals surface area (Å²) in [6.07, 6.45) is 2.21. The van der Waals surface area contributed by atoms with Crippen molar-refractivity contribution in [2.45, 2.75) is 19.8 Å². The number of para-hydroxylation sites is 1. The van der Waals surface area contributed by atoms with E-state index >= 15 is 0 Å². The van der Waals surface area contributed by atoms with Gasteiger partial charge in [0, 0.05) is 5.69 Å². The molecule has 0 atom stereocenters. The van der Waals surface area contributed by atoms with Crippen molar-refractivity contribution in [1.29, 1.82) is 0 Å². The summed E-state index contributed by atoms with van der Waals surface area (Å²) in [5.74, 6) is 0.705. The average Bonchev–Trinajstić information content (AvgIpc) is 2.42. The summed E-state index contributed by atoms with van der Waals surface area (Å²) in [5, 5.41) is 2.98. The minimum atomic E-state index is 0.0699. The molecule has 1 heterocycles. The maximum absolute atomic E-state index is 12.0. The summed E-state index contributed by atoms with van der Waals surface area (Å²) in [6, 6.07) is 7.86. The van der Waals surface area contributed by atoms with Gasteiger partial charge in [-0.05, 0) is 56.9 Å². The van der Waals surface area contributed by atoms with E-state index in [1.165, 1.54) is 0 Å². The molecule has 4 heteroatoms. The second kappa shape index (κ2) is 6.68. The summed E-state index contributed by atoms with van der Waals surface area (Å²) >= 11 is 0. The van der Waals surface area contributed by atoms with E-state index in [9.17, 15) is 4.79 Å². The number of hydrogen-bond donors (Lipinski definition) is 2. The van der Waals surface area contributed by atoms with E-state index in [-0.39, 0.29) is 5.91 Å². The van der Waals surface area contributed by atoms with Gasteiger partial charge in [-0.3, -0.25) is 9.69 Å². The highest BCUT2D eigenvalue weighted by Gasteiger charge is 2.19. The highest BCUT2D eigenvalue weighted by molar-refractivity contribution is 5.92. The number of piperidine rings is 1. The van der Waals surface area contributed by atoms with Crippen molar-refractivity contribution in [2.24, 2.45) is 11.7 Å². The lowest BCUT2D eigenvalue weighted by molar-refractivity contribution is -0.117. The molecule has 1 aromatic rings. The minimum Gasteiger partial charge on any atom is -0.330 e. The van der Waals surface area contributed by atoms with Crippen LogP contribution in [0.1, 0.15) is 18.4 Å². The smallest absolute Gasteiger partial charge is 0.238 e. The Labute approximate surface area is 115 Å². The van der Waals surface area contributed by atoms with Crippen molar-refractivity contribution in [2.75, 3.05) is 31.5 Å². The molecular weight excluding hydrogens is 238 g/mol. The molecule has 2 rings (SSSR count). The Bertz CT molecular complexity index is 425. The third-order valence-corrected chi connectivity index (χ3v) is 3.83. The summed E-state index contributed by atoms with van der Waals surface area (Å²) in [5.41, 5.74) is 7.67. The van der Waals surface area contributed by atoms with Gasteiger partial charge in [0.2, 0.25) is 5.91 Å². The molecule has 0 spiro atoms. The molecule has 0 bridgehead atoms. The Kier molecular flexibility index (Phi) is 4.93. The van der Waals surface area contributed by atoms with E-state index in [4.69, 9.17) is 5.73 Å². The number of anilines is 1. The molecule has 1 saturated heterocycles. The second-order valence-electron chi connectivity index (χ2n) is 5.32. The molecule has 1 aromatic carbocycles. The monoisotopic (exact) mass is 261 g/mol. The number of carbonyl (C=O) groups is 1. The SMILES string of the molecule is Cc1ccccc1NC(=O)CN1CCC(CN)CC1. The number of aryl methyl sites for hydroxylation is 1. The van der Waals surface area contributed by atoms with Crippen LogP contribution in [0.2, 0.25) is 0 Å². The van der Waals surface area contributed by atoms with Crippen LogP contribution < -0.4 is 11.1 Å². The van der Waals surface area contributed by atoms with Crippen LogP contribution in [0, 0.1) is 12.8 Å². The van der Waals surface area contributed by atoms with Crippen molar-refractivity contribution in [1.82, 2.24) is 4.90 Å². The van der Waals surface area contributed by atoms with Gasteiger partial charge in [-0.25, -0.2) is 0 Å². The van der Waals surface area contributed by atoms with E-state index in [0.717, 1.165) is 43.7 Å². The van der Waals surface area contributed by atoms with Crippen LogP contribution in [0.5, 0.6) is 0 Å². The molecule has 3 N–H and O–H groups in total. The molecular formula is C15H23N3O. The molecule has 104 valence electrons. The zero-order valence-electron chi connectivity index (χ0n) is 11.6. The van der Waals surface area contributed by atoms with Gasteiger partial charge < -0.3 is 11.1 Å². The lowest BCUT2D eigenvalue weighted by atomic mass is 9.97. The van der Waals surface area contributed by atoms with Gasteiger partial charge in [0.1, 0.15) is 0 Å². The number of carbonyl (C=O) groups excluding carboxylic acids is 1. The van der Waals surface area contributed by atoms with Crippen LogP contribution in [-0.2, 0) is 4.79 Å². The predicted molar refractivity (Wildman–Crippen MR) is 78.0 cm³/mol. The molecule has 4 nitrogen and oxygen atoms in total. The van der Waals surface area contributed by atoms with E-state index in [1.54, 1.807) is 0 Å². The van der Waals surface area contributed by atoms with Crippen LogP contribution in [-0.4, -0.2) is 37.0 Å². The Balaban J connectivity index is 1.81. The Morgan fingerprint density at radius 3 is 2.68 bits per heavy atom. The number of nitrogens with one attached hydrogen (secondary N) is 1. The molecule has 0 radical (unpaired) electrons. The number of amides is 1. The first kappa shape index (κ1) is 14.0. The topological polar surface area (TPSA) is 58.4 Å². The summed E-state index contributed by atoms with van der Waals surface area (Å²) in [7, 11) is 0. The van der Waals surface area contributed by atoms with E-state index < -0.39 is 0 Å². The van der Waals surface area contributed by atoms with Gasteiger partial charge in [0.05, 0.1) is 6.54 Å². The second-order valence-corrected chi connectivity index (χ2v) is 5.32. The minimum absolute atomic E-state index is 0.0699. The fourth-order valence-corrected chi connectivity index (χ4v) is 2.49. The zero-order valence-corrected chi connectivity index (χ0v) is 11.6. The Morgan fingerprint density at radius 2 is 2.05 bits per heavy atom. The molecule has 1 aliphatic rings. The number of nitrogens with zero attached hydrogens (tertiary/aromatic N) is 1. The Hall–Kier alpha value is -1.39. The van der Waals surface area contributed by atoms with Crippen LogP contribution in [0.3, 0.4) is 0 Å². The number of benzene rings is 1. The maximum atomic E-state index is 12.0. The predicted octanol–water partition coefficient (Wildman–Crippen LogP) is 1.60. The van der Waals surface area contributed by atoms with E-state index in [2.05, 4.69) is 10.2 Å². The third-order valence-electron chi connectivity index (χ3n) is 3.83. The van der Waals surface area contributed by atoms with Crippen molar-refractivity contribution in [3.63, 3.8) is 0 Å². The number of hydrogen-bond acceptors (Lipinski definition) is 3. The van der Waals surface area contributed by atoms with Gasteiger partial charge in [0.25, 0.3) is 0 Å². The summed E-state index contributed by atoms with van der Waals surface area (Å²) in [4.78, 5) is 14.2. The van der Waals surface area contributed by atoms with Gasteiger partial charge in [0.15, 0.2) is 0 Å². The molecule has 1 fully saturated rings. The molecule has 0 saturated carbocycles. The fraction of sp³-hybridized carbons (Fsp3) is 0.533. The quantitative estimate of drug-likeness (QED) is 0.865. The summed E-state index contributed by atoms with van der Waals surface area (Å²) < 4.78 is 0. The maximum Gasteiger partial charge on any atom is 0.238 e. The fourth-order valence-electron chi connectivity index (χ4n) is 2.49. The average molecular weight is 261 g/mol. The van der Waals surface area contributed by atoms with Gasteiger partial charge in [-0.1, -0.05) is 18.2 Å². The normalized spacial score (nSPS) is 17.4. The summed E-state index contributed by atoms with van der Waals surface area (Å²) in [6.45, 7) is 5.20. The molecule has 0 aliphatic carbocycles. The molecule has 0 aromatic heterocycles. The Morgan fingerprint density at radius 1 is 1.37 bits per heavy atom. The van der Waals surface area contributed by atoms with Crippen LogP contribution in [0.15, 0.2) is 24.3 Å². The van der Waals surface area contributed by atoms with E-state index in [1.807, 2.05) is 31.2 Å². The zero-order chi connectivity index (χ0) is 13.7. The molecule has 1 aliphatic heterocycles. The highest BCUT2D eigenvalue weighted by Crippen LogP contribution is 2.16. The van der Waals surface area contributed by atoms with Gasteiger partial charge in [-0.15, -0.1) is 0 Å². The van der Waals surface area contributed by atoms with Gasteiger partial charge >= 0.3 is 0 Å². The number of nitrogens with two attached hydrogens (primary N) is 1. The largest absolute Gasteiger partial charge is 0.330 e. The number of rotatable bonds is 4. The van der Waals surface area contributed by atoms with E-state index in [0.29, 0.717) is 12.5 Å². The van der Waals surface area contributed by atoms with Crippen LogP contribution >= 0.6 is 0 Å². The van der Waals surface area contributed by atoms with Crippen LogP contribution in [0.25, 0.3) is 0 Å². The van der Waals surface area contributed by atoms with Crippen molar-refractivity contribution in [3.05, 3.63) is 29.8 Å². The molecule has 0 unspecified atom stereocenters. The van der Waals surface area contributed by atoms with Crippen molar-refractivity contribution < 1.29 is 4.79 Å². The molecule has 1 amide bonds. The third kappa shape index (κ3) is 4.04. The van der Waals surface area contributed by atoms with Gasteiger partial charge in [-0.2, -0.15) is 0 Å². The lowest BCUT2D eigenvalue weighted by Crippen LogP contribution is -2.40. The lowest BCUT2D eigenvalue weighted by Gasteiger charge is -2.30.